The van der Waals surface area contributed by atoms with Crippen molar-refractivity contribution in [3.63, 3.8) is 0 Å². The summed E-state index contributed by atoms with van der Waals surface area (Å²) in [5.41, 5.74) is 2.63. The summed E-state index contributed by atoms with van der Waals surface area (Å²) in [5, 5.41) is 2.88. The van der Waals surface area contributed by atoms with Crippen molar-refractivity contribution in [2.45, 2.75) is 32.6 Å². The van der Waals surface area contributed by atoms with Gasteiger partial charge in [0.15, 0.2) is 0 Å². The van der Waals surface area contributed by atoms with Gasteiger partial charge < -0.3 is 19.7 Å². The highest BCUT2D eigenvalue weighted by atomic mass is 16.5. The lowest BCUT2D eigenvalue weighted by Gasteiger charge is -2.21. The number of benzene rings is 2. The van der Waals surface area contributed by atoms with Gasteiger partial charge in [0.1, 0.15) is 11.5 Å². The van der Waals surface area contributed by atoms with Crippen molar-refractivity contribution in [2.75, 3.05) is 31.0 Å². The Kier molecular flexibility index (Phi) is 5.82. The van der Waals surface area contributed by atoms with Crippen molar-refractivity contribution in [3.05, 3.63) is 48.0 Å². The van der Waals surface area contributed by atoms with Crippen LogP contribution in [0.15, 0.2) is 42.5 Å². The summed E-state index contributed by atoms with van der Waals surface area (Å²) in [6.45, 7) is 6.81. The van der Waals surface area contributed by atoms with Crippen molar-refractivity contribution in [1.29, 1.82) is 0 Å². The first kappa shape index (κ1) is 20.7. The fourth-order valence-electron chi connectivity index (χ4n) is 3.41. The summed E-state index contributed by atoms with van der Waals surface area (Å²) in [6, 6.07) is 13.2. The van der Waals surface area contributed by atoms with Crippen LogP contribution in [0, 0.1) is 5.92 Å². The fourth-order valence-corrected chi connectivity index (χ4v) is 3.41. The molecule has 6 nitrogen and oxygen atoms in total. The Morgan fingerprint density at radius 3 is 2.34 bits per heavy atom. The largest absolute Gasteiger partial charge is 0.497 e. The minimum Gasteiger partial charge on any atom is -0.497 e. The molecule has 0 radical (unpaired) electrons. The average molecular weight is 396 g/mol. The highest BCUT2D eigenvalue weighted by Gasteiger charge is 2.35. The maximum Gasteiger partial charge on any atom is 0.229 e. The van der Waals surface area contributed by atoms with E-state index in [1.807, 2.05) is 24.3 Å². The molecule has 1 saturated heterocycles. The number of ether oxygens (including phenoxy) is 2. The zero-order chi connectivity index (χ0) is 21.2. The summed E-state index contributed by atoms with van der Waals surface area (Å²) in [6.07, 6.45) is 0.186. The maximum absolute atomic E-state index is 12.8. The predicted octanol–water partition coefficient (Wildman–Crippen LogP) is 3.99. The molecule has 0 bridgehead atoms. The van der Waals surface area contributed by atoms with Gasteiger partial charge in [-0.3, -0.25) is 9.59 Å². The molecule has 0 spiro atoms. The molecule has 1 atom stereocenters. The van der Waals surface area contributed by atoms with Crippen molar-refractivity contribution in [2.24, 2.45) is 5.92 Å². The minimum absolute atomic E-state index is 0.0460. The highest BCUT2D eigenvalue weighted by molar-refractivity contribution is 6.04. The normalized spacial score (nSPS) is 16.7. The minimum atomic E-state index is -0.420. The molecule has 0 aliphatic carbocycles. The lowest BCUT2D eigenvalue weighted by molar-refractivity contribution is -0.122. The van der Waals surface area contributed by atoms with Crippen LogP contribution in [0.4, 0.5) is 11.4 Å². The number of methoxy groups -OCH3 is 2. The number of nitrogens with zero attached hydrogens (tertiary/aromatic N) is 1. The van der Waals surface area contributed by atoms with Crippen molar-refractivity contribution in [3.8, 4) is 11.5 Å². The van der Waals surface area contributed by atoms with Crippen molar-refractivity contribution >= 4 is 23.2 Å². The number of hydrogen-bond donors (Lipinski definition) is 1. The summed E-state index contributed by atoms with van der Waals surface area (Å²) in [7, 11) is 3.10. The summed E-state index contributed by atoms with van der Waals surface area (Å²) in [4.78, 5) is 27.0. The second-order valence-corrected chi connectivity index (χ2v) is 8.26. The molecule has 2 aromatic rings. The van der Waals surface area contributed by atoms with Crippen LogP contribution in [0.5, 0.6) is 11.5 Å². The Morgan fingerprint density at radius 1 is 1.07 bits per heavy atom. The molecule has 1 fully saturated rings. The number of hydrogen-bond acceptors (Lipinski definition) is 4. The van der Waals surface area contributed by atoms with Gasteiger partial charge in [-0.1, -0.05) is 32.9 Å². The zero-order valence-electron chi connectivity index (χ0n) is 17.6. The van der Waals surface area contributed by atoms with Crippen LogP contribution in [0.3, 0.4) is 0 Å². The molecule has 2 aromatic carbocycles. The molecule has 1 unspecified atom stereocenters. The number of carbonyl (C=O) groups excluding carboxylic acids is 2. The van der Waals surface area contributed by atoms with Crippen LogP contribution < -0.4 is 19.7 Å². The van der Waals surface area contributed by atoms with Gasteiger partial charge >= 0.3 is 0 Å². The molecular formula is C23H28N2O4. The molecule has 29 heavy (non-hydrogen) atoms. The third kappa shape index (κ3) is 4.53. The fraction of sp³-hybridized carbons (Fsp3) is 0.391. The topological polar surface area (TPSA) is 67.9 Å². The molecule has 0 saturated carbocycles. The average Bonchev–Trinajstić information content (AvgIpc) is 3.09. The molecule has 3 rings (SSSR count). The van der Waals surface area contributed by atoms with Crippen LogP contribution in [0.2, 0.25) is 0 Å². The standard InChI is InChI=1S/C23H28N2O4/c1-23(2,3)16-6-8-17(9-7-16)25-14-15(12-21(25)26)22(27)24-19-11-10-18(28-4)13-20(19)29-5/h6-11,13,15H,12,14H2,1-5H3,(H,24,27). The van der Waals surface area contributed by atoms with E-state index in [9.17, 15) is 9.59 Å². The van der Waals surface area contributed by atoms with E-state index in [1.54, 1.807) is 30.2 Å². The molecule has 6 heteroatoms. The lowest BCUT2D eigenvalue weighted by atomic mass is 9.87. The molecule has 154 valence electrons. The first-order valence-electron chi connectivity index (χ1n) is 9.66. The maximum atomic E-state index is 12.8. The van der Waals surface area contributed by atoms with E-state index < -0.39 is 5.92 Å². The van der Waals surface area contributed by atoms with E-state index in [1.165, 1.54) is 12.7 Å². The lowest BCUT2D eigenvalue weighted by Crippen LogP contribution is -2.28. The zero-order valence-corrected chi connectivity index (χ0v) is 17.6. The SMILES string of the molecule is COc1ccc(NC(=O)C2CC(=O)N(c3ccc(C(C)(C)C)cc3)C2)c(OC)c1. The van der Waals surface area contributed by atoms with E-state index >= 15 is 0 Å². The predicted molar refractivity (Wildman–Crippen MR) is 114 cm³/mol. The summed E-state index contributed by atoms with van der Waals surface area (Å²) >= 11 is 0. The van der Waals surface area contributed by atoms with Gasteiger partial charge in [0, 0.05) is 24.7 Å². The van der Waals surface area contributed by atoms with E-state index in [4.69, 9.17) is 9.47 Å². The van der Waals surface area contributed by atoms with E-state index in [0.717, 1.165) is 5.69 Å². The Labute approximate surface area is 171 Å². The first-order valence-corrected chi connectivity index (χ1v) is 9.66. The number of anilines is 2. The highest BCUT2D eigenvalue weighted by Crippen LogP contribution is 2.32. The van der Waals surface area contributed by atoms with E-state index in [0.29, 0.717) is 23.7 Å². The molecule has 1 heterocycles. The third-order valence-electron chi connectivity index (χ3n) is 5.21. The number of amides is 2. The van der Waals surface area contributed by atoms with Crippen LogP contribution in [-0.4, -0.2) is 32.6 Å². The summed E-state index contributed by atoms with van der Waals surface area (Å²) < 4.78 is 10.5. The van der Waals surface area contributed by atoms with Gasteiger partial charge in [-0.2, -0.15) is 0 Å². The van der Waals surface area contributed by atoms with Gasteiger partial charge in [0.2, 0.25) is 11.8 Å². The van der Waals surface area contributed by atoms with E-state index in [2.05, 4.69) is 26.1 Å². The first-order chi connectivity index (χ1) is 13.7. The molecule has 1 N–H and O–H groups in total. The van der Waals surface area contributed by atoms with Crippen molar-refractivity contribution < 1.29 is 19.1 Å². The molecule has 0 aromatic heterocycles. The van der Waals surface area contributed by atoms with Crippen molar-refractivity contribution in [1.82, 2.24) is 0 Å². The Balaban J connectivity index is 1.71. The van der Waals surface area contributed by atoms with Gasteiger partial charge in [-0.15, -0.1) is 0 Å². The number of rotatable bonds is 5. The third-order valence-corrected chi connectivity index (χ3v) is 5.21. The molecule has 1 aliphatic heterocycles. The monoisotopic (exact) mass is 396 g/mol. The number of nitrogens with one attached hydrogen (secondary N) is 1. The second kappa shape index (κ2) is 8.15. The van der Waals surface area contributed by atoms with Crippen LogP contribution in [0.25, 0.3) is 0 Å². The van der Waals surface area contributed by atoms with Gasteiger partial charge in [0.25, 0.3) is 0 Å². The van der Waals surface area contributed by atoms with Gasteiger partial charge in [-0.05, 0) is 35.2 Å². The molecule has 2 amide bonds. The Morgan fingerprint density at radius 2 is 1.76 bits per heavy atom. The van der Waals surface area contributed by atoms with Crippen LogP contribution in [-0.2, 0) is 15.0 Å². The van der Waals surface area contributed by atoms with E-state index in [-0.39, 0.29) is 23.7 Å². The smallest absolute Gasteiger partial charge is 0.229 e. The summed E-state index contributed by atoms with van der Waals surface area (Å²) in [5.74, 6) is 0.486. The van der Waals surface area contributed by atoms with Gasteiger partial charge in [-0.25, -0.2) is 0 Å². The van der Waals surface area contributed by atoms with Gasteiger partial charge in [0.05, 0.1) is 25.8 Å². The Hall–Kier alpha value is -3.02. The molecule has 1 aliphatic rings. The molecular weight excluding hydrogens is 368 g/mol. The second-order valence-electron chi connectivity index (χ2n) is 8.26. The number of carbonyl (C=O) groups is 2. The van der Waals surface area contributed by atoms with Crippen LogP contribution >= 0.6 is 0 Å². The van der Waals surface area contributed by atoms with Crippen LogP contribution in [0.1, 0.15) is 32.8 Å². The Bertz CT molecular complexity index is 900. The quantitative estimate of drug-likeness (QED) is 0.830.